The Morgan fingerprint density at radius 1 is 1.03 bits per heavy atom. The van der Waals surface area contributed by atoms with E-state index in [0.717, 1.165) is 34.5 Å². The van der Waals surface area contributed by atoms with Gasteiger partial charge in [0, 0.05) is 47.4 Å². The van der Waals surface area contributed by atoms with Gasteiger partial charge < -0.3 is 11.1 Å². The molecule has 0 saturated carbocycles. The molecule has 30 heavy (non-hydrogen) atoms. The van der Waals surface area contributed by atoms with Crippen LogP contribution in [0.4, 0.5) is 19.1 Å². The summed E-state index contributed by atoms with van der Waals surface area (Å²) in [6, 6.07) is 6.43. The maximum atomic E-state index is 12.7. The molecule has 9 heteroatoms. The Morgan fingerprint density at radius 2 is 1.70 bits per heavy atom. The zero-order valence-electron chi connectivity index (χ0n) is 15.6. The molecule has 1 amide bonds. The molecule has 2 heterocycles. The third-order valence-electron chi connectivity index (χ3n) is 4.69. The Labute approximate surface area is 169 Å². The summed E-state index contributed by atoms with van der Waals surface area (Å²) in [6.07, 6.45) is 2.87. The molecule has 3 N–H and O–H groups in total. The van der Waals surface area contributed by atoms with Gasteiger partial charge in [-0.2, -0.15) is 13.2 Å². The average Bonchev–Trinajstić information content (AvgIpc) is 3.10. The molecule has 0 unspecified atom stereocenters. The van der Waals surface area contributed by atoms with Gasteiger partial charge in [0.2, 0.25) is 11.9 Å². The molecular weight excluding hydrogens is 395 g/mol. The zero-order valence-corrected chi connectivity index (χ0v) is 15.6. The van der Waals surface area contributed by atoms with Crippen molar-refractivity contribution in [3.63, 3.8) is 0 Å². The van der Waals surface area contributed by atoms with Crippen molar-refractivity contribution in [2.45, 2.75) is 19.0 Å². The number of fused-ring (bicyclic) bond motifs is 1. The first-order chi connectivity index (χ1) is 14.3. The van der Waals surface area contributed by atoms with E-state index in [1.165, 1.54) is 12.1 Å². The molecule has 152 valence electrons. The third kappa shape index (κ3) is 4.14. The number of hydrogen-bond acceptors (Lipinski definition) is 5. The molecule has 0 bridgehead atoms. The van der Waals surface area contributed by atoms with Crippen LogP contribution in [0.3, 0.4) is 0 Å². The van der Waals surface area contributed by atoms with E-state index in [1.54, 1.807) is 18.6 Å². The fraction of sp³-hybridized carbons (Fsp3) is 0.143. The predicted octanol–water partition coefficient (Wildman–Crippen LogP) is 3.40. The van der Waals surface area contributed by atoms with Crippen LogP contribution in [0.5, 0.6) is 0 Å². The van der Waals surface area contributed by atoms with Crippen molar-refractivity contribution in [2.24, 2.45) is 0 Å². The van der Waals surface area contributed by atoms with Gasteiger partial charge in [-0.1, -0.05) is 18.2 Å². The van der Waals surface area contributed by atoms with Crippen molar-refractivity contribution in [2.75, 3.05) is 5.73 Å². The van der Waals surface area contributed by atoms with E-state index in [2.05, 4.69) is 20.3 Å². The van der Waals surface area contributed by atoms with Gasteiger partial charge >= 0.3 is 6.18 Å². The van der Waals surface area contributed by atoms with Crippen LogP contribution in [-0.2, 0) is 23.8 Å². The second-order valence-corrected chi connectivity index (χ2v) is 6.79. The molecule has 3 aromatic rings. The normalized spacial score (nSPS) is 13.0. The number of alkyl halides is 3. The molecule has 1 aliphatic rings. The summed E-state index contributed by atoms with van der Waals surface area (Å²) in [5.41, 5.74) is 8.99. The molecule has 0 atom stereocenters. The van der Waals surface area contributed by atoms with Gasteiger partial charge in [-0.15, -0.1) is 0 Å². The lowest BCUT2D eigenvalue weighted by Gasteiger charge is -2.11. The molecule has 2 aromatic heterocycles. The highest BCUT2D eigenvalue weighted by molar-refractivity contribution is 5.90. The number of pyridine rings is 1. The number of nitrogens with zero attached hydrogens (tertiary/aromatic N) is 3. The lowest BCUT2D eigenvalue weighted by molar-refractivity contribution is -0.137. The number of carbonyl (C=O) groups excluding carboxylic acids is 1. The molecule has 0 radical (unpaired) electrons. The summed E-state index contributed by atoms with van der Waals surface area (Å²) in [5, 5.41) is 2.82. The van der Waals surface area contributed by atoms with E-state index < -0.39 is 11.7 Å². The van der Waals surface area contributed by atoms with Gasteiger partial charge in [0.1, 0.15) is 0 Å². The van der Waals surface area contributed by atoms with E-state index in [9.17, 15) is 18.0 Å². The first kappa shape index (κ1) is 19.6. The Hall–Kier alpha value is -3.75. The molecule has 6 nitrogen and oxygen atoms in total. The first-order valence-electron chi connectivity index (χ1n) is 9.03. The molecule has 1 aliphatic carbocycles. The highest BCUT2D eigenvalue weighted by atomic mass is 19.4. The first-order valence-corrected chi connectivity index (χ1v) is 9.03. The van der Waals surface area contributed by atoms with Crippen LogP contribution in [0, 0.1) is 0 Å². The quantitative estimate of drug-likeness (QED) is 0.686. The fourth-order valence-corrected chi connectivity index (χ4v) is 3.15. The topological polar surface area (TPSA) is 93.8 Å². The van der Waals surface area contributed by atoms with Crippen LogP contribution in [0.2, 0.25) is 0 Å². The minimum Gasteiger partial charge on any atom is -0.368 e. The summed E-state index contributed by atoms with van der Waals surface area (Å²) in [5.74, 6) is -0.154. The van der Waals surface area contributed by atoms with Crippen LogP contribution in [0.1, 0.15) is 22.4 Å². The summed E-state index contributed by atoms with van der Waals surface area (Å²) in [4.78, 5) is 24.8. The summed E-state index contributed by atoms with van der Waals surface area (Å²) < 4.78 is 38.0. The number of nitrogens with two attached hydrogens (primary N) is 1. The van der Waals surface area contributed by atoms with E-state index >= 15 is 0 Å². The van der Waals surface area contributed by atoms with Crippen molar-refractivity contribution in [3.8, 4) is 11.1 Å². The van der Waals surface area contributed by atoms with Gasteiger partial charge in [0.25, 0.3) is 0 Å². The Balaban J connectivity index is 1.47. The standard InChI is InChI=1S/C21H16F3N5O/c22-21(23,24)15-3-1-12(2-4-15)7-19(30)29-18-6-5-17-16(18)8-13(9-26-17)14-10-27-20(25)28-11-14/h1-4,6,8-11H,5,7H2,(H,29,30)(H2,25,27,28). The number of hydrogen-bond donors (Lipinski definition) is 2. The van der Waals surface area contributed by atoms with Crippen LogP contribution in [-0.4, -0.2) is 20.9 Å². The number of aromatic nitrogens is 3. The van der Waals surface area contributed by atoms with Gasteiger partial charge in [-0.3, -0.25) is 9.78 Å². The number of nitrogens with one attached hydrogen (secondary N) is 1. The third-order valence-corrected chi connectivity index (χ3v) is 4.69. The predicted molar refractivity (Wildman–Crippen MR) is 105 cm³/mol. The number of allylic oxidation sites excluding steroid dienone is 1. The number of nitrogen functional groups attached to an aromatic ring is 1. The van der Waals surface area contributed by atoms with Crippen LogP contribution in [0.15, 0.2) is 55.0 Å². The van der Waals surface area contributed by atoms with Crippen molar-refractivity contribution in [1.82, 2.24) is 20.3 Å². The lowest BCUT2D eigenvalue weighted by atomic mass is 10.1. The lowest BCUT2D eigenvalue weighted by Crippen LogP contribution is -2.23. The number of rotatable bonds is 4. The molecular formula is C21H16F3N5O. The maximum Gasteiger partial charge on any atom is 0.416 e. The fourth-order valence-electron chi connectivity index (χ4n) is 3.15. The van der Waals surface area contributed by atoms with Crippen LogP contribution >= 0.6 is 0 Å². The van der Waals surface area contributed by atoms with Crippen molar-refractivity contribution in [3.05, 3.63) is 77.4 Å². The number of carbonyl (C=O) groups is 1. The summed E-state index contributed by atoms with van der Waals surface area (Å²) >= 11 is 0. The minimum atomic E-state index is -4.40. The van der Waals surface area contributed by atoms with E-state index in [4.69, 9.17) is 5.73 Å². The smallest absolute Gasteiger partial charge is 0.368 e. The van der Waals surface area contributed by atoms with Crippen molar-refractivity contribution in [1.29, 1.82) is 0 Å². The van der Waals surface area contributed by atoms with E-state index in [-0.39, 0.29) is 18.3 Å². The molecule has 0 fully saturated rings. The Bertz CT molecular complexity index is 1120. The van der Waals surface area contributed by atoms with Crippen LogP contribution in [0.25, 0.3) is 16.8 Å². The number of amides is 1. The Kier molecular flexibility index (Phi) is 4.94. The number of halogens is 3. The van der Waals surface area contributed by atoms with Gasteiger partial charge in [0.05, 0.1) is 17.7 Å². The monoisotopic (exact) mass is 411 g/mol. The second-order valence-electron chi connectivity index (χ2n) is 6.79. The highest BCUT2D eigenvalue weighted by Crippen LogP contribution is 2.30. The molecule has 0 aliphatic heterocycles. The van der Waals surface area contributed by atoms with Crippen molar-refractivity contribution >= 4 is 17.6 Å². The largest absolute Gasteiger partial charge is 0.416 e. The zero-order chi connectivity index (χ0) is 21.3. The van der Waals surface area contributed by atoms with Gasteiger partial charge in [0.15, 0.2) is 0 Å². The Morgan fingerprint density at radius 3 is 2.37 bits per heavy atom. The number of benzene rings is 1. The minimum absolute atomic E-state index is 0.0380. The van der Waals surface area contributed by atoms with E-state index in [1.807, 2.05) is 12.1 Å². The second kappa shape index (κ2) is 7.58. The number of anilines is 1. The molecule has 0 saturated heterocycles. The molecule has 4 rings (SSSR count). The van der Waals surface area contributed by atoms with Crippen molar-refractivity contribution < 1.29 is 18.0 Å². The van der Waals surface area contributed by atoms with Gasteiger partial charge in [-0.05, 0) is 23.8 Å². The average molecular weight is 411 g/mol. The maximum absolute atomic E-state index is 12.7. The highest BCUT2D eigenvalue weighted by Gasteiger charge is 2.30. The van der Waals surface area contributed by atoms with Crippen LogP contribution < -0.4 is 11.1 Å². The SMILES string of the molecule is Nc1ncc(-c2cnc3c(c2)C(NC(=O)Cc2ccc(C(F)(F)F)cc2)=CC3)cn1. The van der Waals surface area contributed by atoms with E-state index in [0.29, 0.717) is 17.7 Å². The summed E-state index contributed by atoms with van der Waals surface area (Å²) in [7, 11) is 0. The van der Waals surface area contributed by atoms with Gasteiger partial charge in [-0.25, -0.2) is 9.97 Å². The molecule has 0 spiro atoms. The molecule has 1 aromatic carbocycles. The summed E-state index contributed by atoms with van der Waals surface area (Å²) in [6.45, 7) is 0.